The van der Waals surface area contributed by atoms with Crippen molar-refractivity contribution in [3.63, 3.8) is 0 Å². The molecule has 4 heteroatoms. The second-order valence-corrected chi connectivity index (χ2v) is 8.36. The van der Waals surface area contributed by atoms with Gasteiger partial charge < -0.3 is 5.11 Å². The molecule has 1 N–H and O–H groups in total. The molecule has 2 aromatic rings. The van der Waals surface area contributed by atoms with Gasteiger partial charge in [0.2, 0.25) is 0 Å². The maximum absolute atomic E-state index is 12.9. The van der Waals surface area contributed by atoms with Crippen LogP contribution in [0.4, 0.5) is 0 Å². The number of thioether (sulfide) groups is 1. The highest BCUT2D eigenvalue weighted by molar-refractivity contribution is 7.98. The van der Waals surface area contributed by atoms with Crippen molar-refractivity contribution in [1.29, 1.82) is 0 Å². The van der Waals surface area contributed by atoms with Crippen molar-refractivity contribution in [1.82, 2.24) is 4.90 Å². The van der Waals surface area contributed by atoms with Gasteiger partial charge in [-0.15, -0.1) is 0 Å². The van der Waals surface area contributed by atoms with Crippen LogP contribution in [0.5, 0.6) is 0 Å². The summed E-state index contributed by atoms with van der Waals surface area (Å²) in [6, 6.07) is 16.5. The molecule has 0 radical (unpaired) electrons. The SMILES string of the molecule is CCN(Cc1ccccc1C)[C@@](CCSC)(C(=O)O)C1C=Cc2ccccc21. The standard InChI is InChI=1S/C24H29NO2S/c1-4-25(17-20-11-6-5-9-18(20)2)24(23(26)27,15-16-28-3)22-14-13-19-10-7-8-12-21(19)22/h5-14,22H,4,15-17H2,1-3H3,(H,26,27)/t22?,24-/m1/s1. The number of hydrogen-bond acceptors (Lipinski definition) is 3. The van der Waals surface area contributed by atoms with Gasteiger partial charge in [-0.25, -0.2) is 0 Å². The highest BCUT2D eigenvalue weighted by Crippen LogP contribution is 2.44. The van der Waals surface area contributed by atoms with E-state index in [1.807, 2.05) is 30.5 Å². The van der Waals surface area contributed by atoms with Gasteiger partial charge in [0.1, 0.15) is 5.54 Å². The van der Waals surface area contributed by atoms with Gasteiger partial charge in [-0.3, -0.25) is 9.69 Å². The highest BCUT2D eigenvalue weighted by atomic mass is 32.2. The van der Waals surface area contributed by atoms with Gasteiger partial charge in [0.25, 0.3) is 0 Å². The summed E-state index contributed by atoms with van der Waals surface area (Å²) < 4.78 is 0. The van der Waals surface area contributed by atoms with Crippen molar-refractivity contribution < 1.29 is 9.90 Å². The first-order valence-electron chi connectivity index (χ1n) is 9.83. The molecule has 3 nitrogen and oxygen atoms in total. The molecule has 1 aliphatic carbocycles. The third kappa shape index (κ3) is 3.76. The van der Waals surface area contributed by atoms with Gasteiger partial charge >= 0.3 is 5.97 Å². The van der Waals surface area contributed by atoms with Gasteiger partial charge in [0.05, 0.1) is 0 Å². The molecular formula is C24H29NO2S. The molecule has 0 aliphatic heterocycles. The normalized spacial score (nSPS) is 17.5. The van der Waals surface area contributed by atoms with Crippen molar-refractivity contribution in [3.05, 3.63) is 76.9 Å². The Kier molecular flexibility index (Phi) is 6.63. The molecule has 0 heterocycles. The fraction of sp³-hybridized carbons (Fsp3) is 0.375. The summed E-state index contributed by atoms with van der Waals surface area (Å²) in [6.07, 6.45) is 6.83. The second-order valence-electron chi connectivity index (χ2n) is 7.38. The lowest BCUT2D eigenvalue weighted by Crippen LogP contribution is -2.58. The molecule has 2 aromatic carbocycles. The first kappa shape index (κ1) is 20.7. The Morgan fingerprint density at radius 2 is 1.89 bits per heavy atom. The average molecular weight is 396 g/mol. The summed E-state index contributed by atoms with van der Waals surface area (Å²) in [5.74, 6) is -0.0797. The molecule has 0 bridgehead atoms. The quantitative estimate of drug-likeness (QED) is 0.633. The minimum Gasteiger partial charge on any atom is -0.480 e. The number of carboxylic acid groups (broad SMARTS) is 1. The van der Waals surface area contributed by atoms with E-state index in [0.717, 1.165) is 16.9 Å². The van der Waals surface area contributed by atoms with Crippen LogP contribution in [0.25, 0.3) is 6.08 Å². The van der Waals surface area contributed by atoms with E-state index >= 15 is 0 Å². The molecule has 0 spiro atoms. The highest BCUT2D eigenvalue weighted by Gasteiger charge is 2.50. The second kappa shape index (κ2) is 8.97. The predicted molar refractivity (Wildman–Crippen MR) is 119 cm³/mol. The monoisotopic (exact) mass is 395 g/mol. The summed E-state index contributed by atoms with van der Waals surface area (Å²) in [6.45, 7) is 5.48. The molecule has 148 valence electrons. The molecule has 3 rings (SSSR count). The van der Waals surface area contributed by atoms with E-state index < -0.39 is 11.5 Å². The number of hydrogen-bond donors (Lipinski definition) is 1. The molecule has 1 aliphatic rings. The van der Waals surface area contributed by atoms with Gasteiger partial charge in [-0.2, -0.15) is 11.8 Å². The first-order chi connectivity index (χ1) is 13.5. The van der Waals surface area contributed by atoms with Crippen molar-refractivity contribution in [3.8, 4) is 0 Å². The summed E-state index contributed by atoms with van der Waals surface area (Å²) in [7, 11) is 0. The molecule has 0 saturated heterocycles. The molecule has 1 unspecified atom stereocenters. The van der Waals surface area contributed by atoms with Gasteiger partial charge in [-0.1, -0.05) is 67.6 Å². The number of carboxylic acids is 1. The summed E-state index contributed by atoms with van der Waals surface area (Å²) in [4.78, 5) is 15.1. The number of rotatable bonds is 9. The van der Waals surface area contributed by atoms with E-state index in [9.17, 15) is 9.90 Å². The van der Waals surface area contributed by atoms with Crippen LogP contribution >= 0.6 is 11.8 Å². The Hall–Kier alpha value is -2.04. The smallest absolute Gasteiger partial charge is 0.325 e. The van der Waals surface area contributed by atoms with Gasteiger partial charge in [0.15, 0.2) is 0 Å². The van der Waals surface area contributed by atoms with Crippen molar-refractivity contribution >= 4 is 23.8 Å². The summed E-state index contributed by atoms with van der Waals surface area (Å²) in [5.41, 5.74) is 3.67. The summed E-state index contributed by atoms with van der Waals surface area (Å²) in [5, 5.41) is 10.6. The Bertz CT molecular complexity index is 863. The Morgan fingerprint density at radius 3 is 2.57 bits per heavy atom. The fourth-order valence-corrected chi connectivity index (χ4v) is 4.85. The number of likely N-dealkylation sites (N-methyl/N-ethyl adjacent to an activating group) is 1. The topological polar surface area (TPSA) is 40.5 Å². The average Bonchev–Trinajstić information content (AvgIpc) is 3.13. The maximum atomic E-state index is 12.9. The summed E-state index contributed by atoms with van der Waals surface area (Å²) >= 11 is 1.71. The van der Waals surface area contributed by atoms with Crippen LogP contribution in [0.2, 0.25) is 0 Å². The van der Waals surface area contributed by atoms with Crippen LogP contribution in [-0.4, -0.2) is 40.1 Å². The number of aryl methyl sites for hydroxylation is 1. The van der Waals surface area contributed by atoms with Crippen LogP contribution in [-0.2, 0) is 11.3 Å². The van der Waals surface area contributed by atoms with Crippen molar-refractivity contribution in [2.75, 3.05) is 18.6 Å². The van der Waals surface area contributed by atoms with Crippen LogP contribution in [0.15, 0.2) is 54.6 Å². The molecule has 0 fully saturated rings. The molecule has 28 heavy (non-hydrogen) atoms. The van der Waals surface area contributed by atoms with Crippen molar-refractivity contribution in [2.45, 2.75) is 38.3 Å². The van der Waals surface area contributed by atoms with Crippen LogP contribution in [0.1, 0.15) is 41.5 Å². The first-order valence-corrected chi connectivity index (χ1v) is 11.2. The Morgan fingerprint density at radius 1 is 1.18 bits per heavy atom. The van der Waals surface area contributed by atoms with Gasteiger partial charge in [-0.05, 0) is 54.2 Å². The van der Waals surface area contributed by atoms with E-state index in [4.69, 9.17) is 0 Å². The minimum atomic E-state index is -0.969. The van der Waals surface area contributed by atoms with Crippen LogP contribution < -0.4 is 0 Å². The molecule has 0 amide bonds. The van der Waals surface area contributed by atoms with E-state index in [0.29, 0.717) is 19.5 Å². The number of carbonyl (C=O) groups is 1. The molecule has 0 aromatic heterocycles. The van der Waals surface area contributed by atoms with E-state index in [1.54, 1.807) is 11.8 Å². The Balaban J connectivity index is 2.08. The number of nitrogens with zero attached hydrogens (tertiary/aromatic N) is 1. The molecule has 0 saturated carbocycles. The third-order valence-electron chi connectivity index (χ3n) is 5.94. The maximum Gasteiger partial charge on any atom is 0.325 e. The van der Waals surface area contributed by atoms with Crippen molar-refractivity contribution in [2.24, 2.45) is 0 Å². The zero-order valence-electron chi connectivity index (χ0n) is 16.9. The minimum absolute atomic E-state index is 0.155. The lowest BCUT2D eigenvalue weighted by atomic mass is 9.76. The Labute approximate surface area is 172 Å². The molecule has 2 atom stereocenters. The largest absolute Gasteiger partial charge is 0.480 e. The van der Waals surface area contributed by atoms with Crippen LogP contribution in [0, 0.1) is 6.92 Å². The third-order valence-corrected chi connectivity index (χ3v) is 6.55. The number of benzene rings is 2. The fourth-order valence-electron chi connectivity index (χ4n) is 4.34. The van der Waals surface area contributed by atoms with E-state index in [-0.39, 0.29) is 5.92 Å². The van der Waals surface area contributed by atoms with Gasteiger partial charge in [0, 0.05) is 12.5 Å². The zero-order chi connectivity index (χ0) is 20.1. The van der Waals surface area contributed by atoms with E-state index in [1.165, 1.54) is 11.1 Å². The van der Waals surface area contributed by atoms with E-state index in [2.05, 4.69) is 55.2 Å². The molecular weight excluding hydrogens is 366 g/mol. The number of aliphatic carboxylic acids is 1. The predicted octanol–water partition coefficient (Wildman–Crippen LogP) is 5.20. The number of fused-ring (bicyclic) bond motifs is 1. The lowest BCUT2D eigenvalue weighted by Gasteiger charge is -2.44. The zero-order valence-corrected chi connectivity index (χ0v) is 17.7. The lowest BCUT2D eigenvalue weighted by molar-refractivity contribution is -0.153. The van der Waals surface area contributed by atoms with Crippen LogP contribution in [0.3, 0.4) is 0 Å².